The molecule has 18 heavy (non-hydrogen) atoms. The summed E-state index contributed by atoms with van der Waals surface area (Å²) < 4.78 is 0. The van der Waals surface area contributed by atoms with Crippen LogP contribution < -0.4 is 0 Å². The van der Waals surface area contributed by atoms with E-state index in [0.29, 0.717) is 0 Å². The van der Waals surface area contributed by atoms with Crippen LogP contribution in [0.15, 0.2) is 23.3 Å². The van der Waals surface area contributed by atoms with Crippen molar-refractivity contribution < 1.29 is 0 Å². The van der Waals surface area contributed by atoms with Gasteiger partial charge in [-0.15, -0.1) is 0 Å². The van der Waals surface area contributed by atoms with E-state index in [9.17, 15) is 0 Å². The first-order chi connectivity index (χ1) is 8.41. The quantitative estimate of drug-likeness (QED) is 0.498. The fourth-order valence-corrected chi connectivity index (χ4v) is 4.55. The van der Waals surface area contributed by atoms with Crippen molar-refractivity contribution in [3.63, 3.8) is 0 Å². The van der Waals surface area contributed by atoms with Gasteiger partial charge in [-0.1, -0.05) is 51.0 Å². The van der Waals surface area contributed by atoms with Gasteiger partial charge in [0.15, 0.2) is 0 Å². The molecule has 2 aliphatic carbocycles. The van der Waals surface area contributed by atoms with Gasteiger partial charge in [-0.3, -0.25) is 0 Å². The Morgan fingerprint density at radius 2 is 1.56 bits per heavy atom. The second-order valence-corrected chi connectivity index (χ2v) is 7.17. The van der Waals surface area contributed by atoms with Crippen LogP contribution in [-0.2, 0) is 0 Å². The van der Waals surface area contributed by atoms with Gasteiger partial charge in [0, 0.05) is 0 Å². The van der Waals surface area contributed by atoms with Crippen LogP contribution in [0.3, 0.4) is 0 Å². The van der Waals surface area contributed by atoms with E-state index in [2.05, 4.69) is 53.7 Å². The van der Waals surface area contributed by atoms with Crippen LogP contribution in [0.4, 0.5) is 0 Å². The SMILES string of the molecule is CC1=CC[C@H](C)C(C)[C@@H]2C(C)=C[C@H](C)CC(C)[C@H]12. The Labute approximate surface area is 114 Å². The summed E-state index contributed by atoms with van der Waals surface area (Å²) in [4.78, 5) is 0. The molecule has 0 radical (unpaired) electrons. The fraction of sp³-hybridized carbons (Fsp3) is 0.778. The van der Waals surface area contributed by atoms with Gasteiger partial charge >= 0.3 is 0 Å². The number of hydrogen-bond donors (Lipinski definition) is 0. The molecule has 0 nitrogen and oxygen atoms in total. The van der Waals surface area contributed by atoms with Gasteiger partial charge in [-0.2, -0.15) is 0 Å². The first-order valence-corrected chi connectivity index (χ1v) is 7.76. The van der Waals surface area contributed by atoms with Crippen molar-refractivity contribution in [3.05, 3.63) is 23.3 Å². The minimum Gasteiger partial charge on any atom is -0.0850 e. The average molecular weight is 246 g/mol. The van der Waals surface area contributed by atoms with E-state index < -0.39 is 0 Å². The van der Waals surface area contributed by atoms with E-state index in [0.717, 1.165) is 35.5 Å². The van der Waals surface area contributed by atoms with Crippen LogP contribution in [0.5, 0.6) is 0 Å². The van der Waals surface area contributed by atoms with Gasteiger partial charge in [0.2, 0.25) is 0 Å². The van der Waals surface area contributed by atoms with E-state index >= 15 is 0 Å². The summed E-state index contributed by atoms with van der Waals surface area (Å²) in [5, 5.41) is 0. The lowest BCUT2D eigenvalue weighted by molar-refractivity contribution is 0.204. The van der Waals surface area contributed by atoms with Crippen molar-refractivity contribution in [1.29, 1.82) is 0 Å². The zero-order valence-electron chi connectivity index (χ0n) is 13.0. The summed E-state index contributed by atoms with van der Waals surface area (Å²) in [7, 11) is 0. The van der Waals surface area contributed by atoms with Crippen molar-refractivity contribution in [3.8, 4) is 0 Å². The molecular weight excluding hydrogens is 216 g/mol. The molecule has 6 atom stereocenters. The maximum atomic E-state index is 2.56. The van der Waals surface area contributed by atoms with Gasteiger partial charge in [-0.25, -0.2) is 0 Å². The van der Waals surface area contributed by atoms with Crippen molar-refractivity contribution in [1.82, 2.24) is 0 Å². The van der Waals surface area contributed by atoms with Crippen molar-refractivity contribution in [2.24, 2.45) is 35.5 Å². The first kappa shape index (κ1) is 13.9. The number of allylic oxidation sites excluding steroid dienone is 4. The summed E-state index contributed by atoms with van der Waals surface area (Å²) in [6, 6.07) is 0. The molecule has 0 aliphatic heterocycles. The molecule has 2 rings (SSSR count). The Morgan fingerprint density at radius 3 is 2.22 bits per heavy atom. The van der Waals surface area contributed by atoms with Crippen LogP contribution >= 0.6 is 0 Å². The molecule has 0 N–H and O–H groups in total. The molecular formula is C18H30. The monoisotopic (exact) mass is 246 g/mol. The Morgan fingerprint density at radius 1 is 0.889 bits per heavy atom. The highest BCUT2D eigenvalue weighted by Gasteiger charge is 2.38. The number of rotatable bonds is 0. The largest absolute Gasteiger partial charge is 0.0850 e. The Balaban J connectivity index is 2.45. The predicted molar refractivity (Wildman–Crippen MR) is 80.4 cm³/mol. The maximum Gasteiger partial charge on any atom is -0.0109 e. The van der Waals surface area contributed by atoms with Gasteiger partial charge in [-0.05, 0) is 62.2 Å². The maximum absolute atomic E-state index is 2.56. The third kappa shape index (κ3) is 2.44. The third-order valence-corrected chi connectivity index (χ3v) is 5.62. The lowest BCUT2D eigenvalue weighted by Crippen LogP contribution is -2.29. The van der Waals surface area contributed by atoms with Crippen LogP contribution in [-0.4, -0.2) is 0 Å². The van der Waals surface area contributed by atoms with Gasteiger partial charge in [0.25, 0.3) is 0 Å². The van der Waals surface area contributed by atoms with Crippen molar-refractivity contribution in [2.45, 2.75) is 54.4 Å². The predicted octanol–water partition coefficient (Wildman–Crippen LogP) is 5.46. The summed E-state index contributed by atoms with van der Waals surface area (Å²) in [6.45, 7) is 14.5. The van der Waals surface area contributed by atoms with Gasteiger partial charge in [0.05, 0.1) is 0 Å². The molecule has 102 valence electrons. The van der Waals surface area contributed by atoms with Crippen LogP contribution in [0, 0.1) is 35.5 Å². The zero-order valence-corrected chi connectivity index (χ0v) is 13.0. The van der Waals surface area contributed by atoms with E-state index in [4.69, 9.17) is 0 Å². The van der Waals surface area contributed by atoms with Crippen molar-refractivity contribution >= 4 is 0 Å². The van der Waals surface area contributed by atoms with E-state index in [1.165, 1.54) is 12.8 Å². The highest BCUT2D eigenvalue weighted by Crippen LogP contribution is 2.47. The summed E-state index contributed by atoms with van der Waals surface area (Å²) in [5.41, 5.74) is 3.32. The second kappa shape index (κ2) is 5.23. The Kier molecular flexibility index (Phi) is 4.04. The lowest BCUT2D eigenvalue weighted by Gasteiger charge is -2.36. The minimum absolute atomic E-state index is 0.752. The Bertz CT molecular complexity index is 360. The summed E-state index contributed by atoms with van der Waals surface area (Å²) in [5.74, 6) is 4.77. The number of hydrogen-bond acceptors (Lipinski definition) is 0. The van der Waals surface area contributed by atoms with E-state index in [-0.39, 0.29) is 0 Å². The fourth-order valence-electron chi connectivity index (χ4n) is 4.55. The second-order valence-electron chi connectivity index (χ2n) is 7.17. The molecule has 2 unspecified atom stereocenters. The zero-order chi connectivity index (χ0) is 13.4. The van der Waals surface area contributed by atoms with Crippen LogP contribution in [0.25, 0.3) is 0 Å². The normalized spacial score (nSPS) is 45.4. The molecule has 2 aliphatic rings. The van der Waals surface area contributed by atoms with Gasteiger partial charge in [0.1, 0.15) is 0 Å². The molecule has 0 aromatic heterocycles. The summed E-state index contributed by atoms with van der Waals surface area (Å²) >= 11 is 0. The van der Waals surface area contributed by atoms with Crippen LogP contribution in [0.1, 0.15) is 54.4 Å². The molecule has 0 aromatic rings. The standard InChI is InChI=1S/C18H30/c1-11-9-14(4)17-13(3)8-7-12(2)16(6)18(17)15(5)10-11/h8,10-12,14,16-18H,7,9H2,1-6H3/t11-,12+,14?,16?,17+,18+/m1/s1. The molecule has 0 spiro atoms. The Hall–Kier alpha value is -0.520. The number of fused-ring (bicyclic) bond motifs is 1. The molecule has 0 fully saturated rings. The highest BCUT2D eigenvalue weighted by molar-refractivity contribution is 5.21. The molecule has 0 saturated carbocycles. The summed E-state index contributed by atoms with van der Waals surface area (Å²) in [6.07, 6.45) is 7.72. The van der Waals surface area contributed by atoms with E-state index in [1.807, 2.05) is 0 Å². The average Bonchev–Trinajstić information content (AvgIpc) is 2.46. The minimum atomic E-state index is 0.752. The van der Waals surface area contributed by atoms with Crippen LogP contribution in [0.2, 0.25) is 0 Å². The molecule has 0 heteroatoms. The molecule has 0 bridgehead atoms. The van der Waals surface area contributed by atoms with E-state index in [1.54, 1.807) is 11.1 Å². The molecule has 0 aromatic carbocycles. The molecule has 0 heterocycles. The first-order valence-electron chi connectivity index (χ1n) is 7.76. The molecule has 0 amide bonds. The topological polar surface area (TPSA) is 0 Å². The van der Waals surface area contributed by atoms with Crippen molar-refractivity contribution in [2.75, 3.05) is 0 Å². The third-order valence-electron chi connectivity index (χ3n) is 5.62. The molecule has 0 saturated heterocycles. The van der Waals surface area contributed by atoms with Gasteiger partial charge < -0.3 is 0 Å². The highest BCUT2D eigenvalue weighted by atomic mass is 14.4. The smallest absolute Gasteiger partial charge is 0.0109 e. The lowest BCUT2D eigenvalue weighted by atomic mass is 9.69.